The third kappa shape index (κ3) is 3.12. The lowest BCUT2D eigenvalue weighted by Crippen LogP contribution is -2.14. The summed E-state index contributed by atoms with van der Waals surface area (Å²) in [6.07, 6.45) is 1.53. The molecule has 0 amide bonds. The van der Waals surface area contributed by atoms with Crippen LogP contribution in [0.1, 0.15) is 29.9 Å². The minimum absolute atomic E-state index is 0.245. The van der Waals surface area contributed by atoms with Crippen molar-refractivity contribution in [1.29, 1.82) is 0 Å². The van der Waals surface area contributed by atoms with E-state index >= 15 is 0 Å². The Morgan fingerprint density at radius 2 is 2.21 bits per heavy atom. The zero-order chi connectivity index (χ0) is 13.8. The number of rotatable bonds is 5. The van der Waals surface area contributed by atoms with E-state index in [2.05, 4.69) is 41.4 Å². The van der Waals surface area contributed by atoms with Gasteiger partial charge in [-0.3, -0.25) is 4.68 Å². The van der Waals surface area contributed by atoms with Crippen molar-refractivity contribution >= 4 is 0 Å². The number of hydrogen-bond donors (Lipinski definition) is 1. The van der Waals surface area contributed by atoms with Gasteiger partial charge in [0.25, 0.3) is 0 Å². The van der Waals surface area contributed by atoms with Crippen molar-refractivity contribution in [2.75, 3.05) is 7.05 Å². The van der Waals surface area contributed by atoms with Gasteiger partial charge in [-0.05, 0) is 27.0 Å². The topological polar surface area (TPSA) is 52.0 Å². The second kappa shape index (κ2) is 5.84. The number of nitrogens with zero attached hydrogens (tertiary/aromatic N) is 3. The van der Waals surface area contributed by atoms with Gasteiger partial charge in [0.2, 0.25) is 0 Å². The molecular formula is C14H20N4O. The van der Waals surface area contributed by atoms with Crippen molar-refractivity contribution < 1.29 is 4.74 Å². The summed E-state index contributed by atoms with van der Waals surface area (Å²) in [7, 11) is 3.80. The van der Waals surface area contributed by atoms with Crippen molar-refractivity contribution in [2.45, 2.75) is 26.5 Å². The Bertz CT molecular complexity index is 550. The van der Waals surface area contributed by atoms with Crippen LogP contribution in [0.2, 0.25) is 0 Å². The number of nitrogens with one attached hydrogen (secondary N) is 1. The molecule has 0 spiro atoms. The van der Waals surface area contributed by atoms with Gasteiger partial charge >= 0.3 is 0 Å². The molecule has 1 heterocycles. The highest BCUT2D eigenvalue weighted by atomic mass is 16.5. The molecule has 1 aromatic heterocycles. The highest BCUT2D eigenvalue weighted by Crippen LogP contribution is 2.26. The Hall–Kier alpha value is -1.88. The van der Waals surface area contributed by atoms with Crippen molar-refractivity contribution in [1.82, 2.24) is 20.1 Å². The predicted octanol–water partition coefficient (Wildman–Crippen LogP) is 1.98. The van der Waals surface area contributed by atoms with Crippen molar-refractivity contribution in [3.05, 3.63) is 41.5 Å². The van der Waals surface area contributed by atoms with E-state index in [9.17, 15) is 0 Å². The van der Waals surface area contributed by atoms with Crippen LogP contribution in [0.15, 0.2) is 24.5 Å². The van der Waals surface area contributed by atoms with Gasteiger partial charge in [0.05, 0.1) is 0 Å². The number of aromatic nitrogens is 3. The molecular weight excluding hydrogens is 240 g/mol. The molecule has 0 saturated heterocycles. The van der Waals surface area contributed by atoms with Crippen molar-refractivity contribution in [2.24, 2.45) is 7.05 Å². The first kappa shape index (κ1) is 13.5. The van der Waals surface area contributed by atoms with E-state index in [4.69, 9.17) is 4.74 Å². The summed E-state index contributed by atoms with van der Waals surface area (Å²) >= 11 is 0. The molecule has 0 aliphatic carbocycles. The van der Waals surface area contributed by atoms with E-state index in [-0.39, 0.29) is 6.04 Å². The average Bonchev–Trinajstić information content (AvgIpc) is 2.82. The van der Waals surface area contributed by atoms with Crippen LogP contribution < -0.4 is 10.1 Å². The van der Waals surface area contributed by atoms with Crippen LogP contribution in [-0.2, 0) is 13.7 Å². The molecule has 0 bridgehead atoms. The van der Waals surface area contributed by atoms with Crippen LogP contribution >= 0.6 is 0 Å². The molecule has 2 aromatic rings. The Kier molecular flexibility index (Phi) is 4.16. The van der Waals surface area contributed by atoms with Gasteiger partial charge in [-0.1, -0.05) is 17.7 Å². The fourth-order valence-corrected chi connectivity index (χ4v) is 1.89. The first-order valence-electron chi connectivity index (χ1n) is 6.35. The molecule has 1 N–H and O–H groups in total. The maximum Gasteiger partial charge on any atom is 0.164 e. The minimum Gasteiger partial charge on any atom is -0.485 e. The third-order valence-corrected chi connectivity index (χ3v) is 3.23. The summed E-state index contributed by atoms with van der Waals surface area (Å²) < 4.78 is 7.59. The lowest BCUT2D eigenvalue weighted by Gasteiger charge is -2.17. The second-order valence-corrected chi connectivity index (χ2v) is 4.64. The fraction of sp³-hybridized carbons (Fsp3) is 0.429. The molecule has 0 radical (unpaired) electrons. The monoisotopic (exact) mass is 260 g/mol. The standard InChI is InChI=1S/C14H20N4O/c1-10-5-6-13(12(7-10)11(2)15-3)19-8-14-16-9-17-18(14)4/h5-7,9,11,15H,8H2,1-4H3. The van der Waals surface area contributed by atoms with Gasteiger partial charge in [-0.2, -0.15) is 5.10 Å². The quantitative estimate of drug-likeness (QED) is 0.893. The summed E-state index contributed by atoms with van der Waals surface area (Å²) in [6, 6.07) is 6.45. The van der Waals surface area contributed by atoms with Crippen LogP contribution in [0.5, 0.6) is 5.75 Å². The van der Waals surface area contributed by atoms with Gasteiger partial charge < -0.3 is 10.1 Å². The summed E-state index contributed by atoms with van der Waals surface area (Å²) in [6.45, 7) is 4.62. The zero-order valence-electron chi connectivity index (χ0n) is 11.8. The van der Waals surface area contributed by atoms with Crippen LogP contribution in [0.25, 0.3) is 0 Å². The van der Waals surface area contributed by atoms with Crippen LogP contribution in [0.3, 0.4) is 0 Å². The largest absolute Gasteiger partial charge is 0.485 e. The summed E-state index contributed by atoms with van der Waals surface area (Å²) in [5, 5.41) is 7.27. The number of aryl methyl sites for hydroxylation is 2. The van der Waals surface area contributed by atoms with Crippen molar-refractivity contribution in [3.63, 3.8) is 0 Å². The third-order valence-electron chi connectivity index (χ3n) is 3.23. The molecule has 0 fully saturated rings. The molecule has 1 aromatic carbocycles. The van der Waals surface area contributed by atoms with Crippen LogP contribution in [-0.4, -0.2) is 21.8 Å². The normalized spacial score (nSPS) is 12.4. The van der Waals surface area contributed by atoms with E-state index in [1.807, 2.05) is 20.2 Å². The molecule has 0 aliphatic rings. The molecule has 0 aliphatic heterocycles. The Morgan fingerprint density at radius 3 is 2.84 bits per heavy atom. The number of hydrogen-bond acceptors (Lipinski definition) is 4. The van der Waals surface area contributed by atoms with Gasteiger partial charge in [-0.15, -0.1) is 0 Å². The van der Waals surface area contributed by atoms with E-state index in [0.29, 0.717) is 6.61 Å². The number of ether oxygens (including phenoxy) is 1. The highest BCUT2D eigenvalue weighted by molar-refractivity contribution is 5.38. The van der Waals surface area contributed by atoms with Gasteiger partial charge in [0, 0.05) is 18.7 Å². The average molecular weight is 260 g/mol. The summed E-state index contributed by atoms with van der Waals surface area (Å²) in [5.41, 5.74) is 2.38. The SMILES string of the molecule is CNC(C)c1cc(C)ccc1OCc1ncnn1C. The Morgan fingerprint density at radius 1 is 1.42 bits per heavy atom. The molecule has 5 heteroatoms. The maximum atomic E-state index is 5.88. The van der Waals surface area contributed by atoms with E-state index in [1.54, 1.807) is 4.68 Å². The van der Waals surface area contributed by atoms with E-state index in [1.165, 1.54) is 11.9 Å². The molecule has 1 atom stereocenters. The smallest absolute Gasteiger partial charge is 0.164 e. The molecule has 5 nitrogen and oxygen atoms in total. The minimum atomic E-state index is 0.245. The molecule has 0 saturated carbocycles. The molecule has 19 heavy (non-hydrogen) atoms. The van der Waals surface area contributed by atoms with Gasteiger partial charge in [-0.25, -0.2) is 4.98 Å². The predicted molar refractivity (Wildman–Crippen MR) is 74.0 cm³/mol. The number of benzene rings is 1. The Balaban J connectivity index is 2.18. The van der Waals surface area contributed by atoms with Gasteiger partial charge in [0.15, 0.2) is 5.82 Å². The first-order valence-corrected chi connectivity index (χ1v) is 6.35. The second-order valence-electron chi connectivity index (χ2n) is 4.64. The first-order chi connectivity index (χ1) is 9.11. The lowest BCUT2D eigenvalue weighted by atomic mass is 10.0. The Labute approximate surface area is 113 Å². The zero-order valence-corrected chi connectivity index (χ0v) is 11.8. The molecule has 1 unspecified atom stereocenters. The van der Waals surface area contributed by atoms with Crippen molar-refractivity contribution in [3.8, 4) is 5.75 Å². The highest BCUT2D eigenvalue weighted by Gasteiger charge is 2.11. The summed E-state index contributed by atoms with van der Waals surface area (Å²) in [5.74, 6) is 1.69. The fourth-order valence-electron chi connectivity index (χ4n) is 1.89. The van der Waals surface area contributed by atoms with Crippen LogP contribution in [0.4, 0.5) is 0 Å². The molecule has 2 rings (SSSR count). The van der Waals surface area contributed by atoms with E-state index in [0.717, 1.165) is 17.1 Å². The molecule has 102 valence electrons. The van der Waals surface area contributed by atoms with E-state index < -0.39 is 0 Å². The van der Waals surface area contributed by atoms with Crippen LogP contribution in [0, 0.1) is 6.92 Å². The van der Waals surface area contributed by atoms with Gasteiger partial charge in [0.1, 0.15) is 18.7 Å². The maximum absolute atomic E-state index is 5.88. The lowest BCUT2D eigenvalue weighted by molar-refractivity contribution is 0.284. The summed E-state index contributed by atoms with van der Waals surface area (Å²) in [4.78, 5) is 4.15.